The predicted octanol–water partition coefficient (Wildman–Crippen LogP) is 3.73. The molecule has 2 aromatic carbocycles. The van der Waals surface area contributed by atoms with Crippen molar-refractivity contribution in [3.63, 3.8) is 0 Å². The van der Waals surface area contributed by atoms with Crippen LogP contribution in [0.4, 0.5) is 13.2 Å². The molecule has 23 heavy (non-hydrogen) atoms. The highest BCUT2D eigenvalue weighted by molar-refractivity contribution is 7.80. The van der Waals surface area contributed by atoms with E-state index < -0.39 is 28.1 Å². The summed E-state index contributed by atoms with van der Waals surface area (Å²) in [5.41, 5.74) is 1.14. The van der Waals surface area contributed by atoms with Crippen LogP contribution in [0, 0.1) is 17.5 Å². The molecular weight excluding hydrogens is 363 g/mol. The Morgan fingerprint density at radius 1 is 0.913 bits per heavy atom. The first-order valence-corrected chi connectivity index (χ1v) is 8.49. The highest BCUT2D eigenvalue weighted by atomic mass is 32.1. The number of ether oxygens (including phenoxy) is 2. The van der Waals surface area contributed by atoms with Crippen LogP contribution >= 0.6 is 31.1 Å². The average molecular weight is 378 g/mol. The number of halogens is 3. The zero-order valence-electron chi connectivity index (χ0n) is 12.0. The topological polar surface area (TPSA) is 18.5 Å². The van der Waals surface area contributed by atoms with E-state index in [9.17, 15) is 13.2 Å². The lowest BCUT2D eigenvalue weighted by molar-refractivity contribution is 0.210. The van der Waals surface area contributed by atoms with E-state index in [4.69, 9.17) is 9.47 Å². The van der Waals surface area contributed by atoms with Crippen LogP contribution in [0.1, 0.15) is 5.56 Å². The second-order valence-corrected chi connectivity index (χ2v) is 6.01. The molecule has 0 spiro atoms. The van der Waals surface area contributed by atoms with Crippen molar-refractivity contribution in [3.05, 3.63) is 47.3 Å². The van der Waals surface area contributed by atoms with Crippen LogP contribution in [-0.4, -0.2) is 13.2 Å². The molecule has 0 radical (unpaired) electrons. The van der Waals surface area contributed by atoms with E-state index in [0.29, 0.717) is 5.75 Å². The molecule has 2 rings (SSSR count). The zero-order chi connectivity index (χ0) is 17.0. The second kappa shape index (κ2) is 8.23. The van der Waals surface area contributed by atoms with E-state index in [1.165, 1.54) is 0 Å². The molecule has 0 N–H and O–H groups in total. The third kappa shape index (κ3) is 4.32. The fourth-order valence-corrected chi connectivity index (χ4v) is 2.78. The first-order valence-electron chi connectivity index (χ1n) is 6.65. The Bertz CT molecular complexity index is 667. The molecule has 0 fully saturated rings. The van der Waals surface area contributed by atoms with Crippen molar-refractivity contribution in [3.8, 4) is 11.5 Å². The van der Waals surface area contributed by atoms with Crippen LogP contribution in [0.15, 0.2) is 29.2 Å². The first-order chi connectivity index (χ1) is 11.0. The molecule has 0 aliphatic rings. The van der Waals surface area contributed by atoms with Gasteiger partial charge in [0.15, 0.2) is 17.4 Å². The van der Waals surface area contributed by atoms with E-state index >= 15 is 0 Å². The molecule has 0 amide bonds. The summed E-state index contributed by atoms with van der Waals surface area (Å²) in [4.78, 5) is -0.676. The summed E-state index contributed by atoms with van der Waals surface area (Å²) in [5, 5.41) is -0.210. The van der Waals surface area contributed by atoms with E-state index in [1.54, 1.807) is 12.1 Å². The minimum Gasteiger partial charge on any atom is -0.490 e. The summed E-state index contributed by atoms with van der Waals surface area (Å²) in [6, 6.07) is 7.44. The second-order valence-electron chi connectivity index (χ2n) is 4.58. The van der Waals surface area contributed by atoms with Gasteiger partial charge in [-0.15, -0.1) is 21.9 Å². The van der Waals surface area contributed by atoms with Gasteiger partial charge in [0.1, 0.15) is 19.0 Å². The summed E-state index contributed by atoms with van der Waals surface area (Å²) in [7, 11) is 4.60. The monoisotopic (exact) mass is 378 g/mol. The van der Waals surface area contributed by atoms with Gasteiger partial charge in [-0.2, -0.15) is 4.39 Å². The van der Waals surface area contributed by atoms with Crippen molar-refractivity contribution in [2.24, 2.45) is 0 Å². The van der Waals surface area contributed by atoms with E-state index in [1.807, 2.05) is 21.4 Å². The fourth-order valence-electron chi connectivity index (χ4n) is 1.81. The van der Waals surface area contributed by atoms with E-state index in [0.717, 1.165) is 11.7 Å². The van der Waals surface area contributed by atoms with Crippen molar-refractivity contribution >= 4 is 36.4 Å². The van der Waals surface area contributed by atoms with Crippen LogP contribution in [0.3, 0.4) is 0 Å². The summed E-state index contributed by atoms with van der Waals surface area (Å²) in [6.45, 7) is 0.0458. The van der Waals surface area contributed by atoms with Gasteiger partial charge in [0, 0.05) is 0 Å². The number of thiol groups is 1. The number of rotatable bonds is 6. The quantitative estimate of drug-likeness (QED) is 0.358. The molecule has 2 atom stereocenters. The molecule has 0 bridgehead atoms. The van der Waals surface area contributed by atoms with Crippen molar-refractivity contribution < 1.29 is 22.6 Å². The Morgan fingerprint density at radius 3 is 2.13 bits per heavy atom. The molecule has 2 aromatic rings. The highest BCUT2D eigenvalue weighted by Gasteiger charge is 2.22. The number of hydrogen-bond donors (Lipinski definition) is 1. The Morgan fingerprint density at radius 2 is 1.52 bits per heavy atom. The van der Waals surface area contributed by atoms with E-state index in [2.05, 4.69) is 21.9 Å². The molecule has 0 aromatic heterocycles. The fraction of sp³-hybridized carbons (Fsp3) is 0.200. The minimum atomic E-state index is -1.37. The van der Waals surface area contributed by atoms with Crippen LogP contribution in [-0.2, 0) is 6.16 Å². The molecule has 0 saturated heterocycles. The highest BCUT2D eigenvalue weighted by Crippen LogP contribution is 2.27. The molecule has 124 valence electrons. The van der Waals surface area contributed by atoms with Crippen molar-refractivity contribution in [1.29, 1.82) is 0 Å². The lowest BCUT2D eigenvalue weighted by Crippen LogP contribution is -2.16. The SMILES string of the molecule is Fc1c(F)c(OCCOc2ccc(CP)cc2)c(P)c(F)c1S. The molecule has 2 nitrogen and oxygen atoms in total. The maximum Gasteiger partial charge on any atom is 0.202 e. The van der Waals surface area contributed by atoms with Crippen molar-refractivity contribution in [1.82, 2.24) is 0 Å². The van der Waals surface area contributed by atoms with Crippen LogP contribution in [0.5, 0.6) is 11.5 Å². The Kier molecular flexibility index (Phi) is 6.58. The largest absolute Gasteiger partial charge is 0.490 e. The molecule has 0 aliphatic carbocycles. The molecule has 0 aliphatic heterocycles. The van der Waals surface area contributed by atoms with Gasteiger partial charge in [-0.1, -0.05) is 21.4 Å². The lowest BCUT2D eigenvalue weighted by Gasteiger charge is -2.13. The zero-order valence-corrected chi connectivity index (χ0v) is 15.2. The summed E-state index contributed by atoms with van der Waals surface area (Å²) < 4.78 is 51.4. The molecular formula is C15H15F3O2P2S. The normalized spacial score (nSPS) is 10.7. The Labute approximate surface area is 142 Å². The van der Waals surface area contributed by atoms with Gasteiger partial charge in [0.05, 0.1) is 10.2 Å². The Balaban J connectivity index is 1.96. The average Bonchev–Trinajstić information content (AvgIpc) is 2.58. The number of hydrogen-bond acceptors (Lipinski definition) is 3. The van der Waals surface area contributed by atoms with Gasteiger partial charge in [0.2, 0.25) is 5.82 Å². The van der Waals surface area contributed by atoms with Gasteiger partial charge in [-0.25, -0.2) is 8.78 Å². The maximum absolute atomic E-state index is 13.8. The van der Waals surface area contributed by atoms with Crippen LogP contribution in [0.25, 0.3) is 0 Å². The first kappa shape index (κ1) is 18.4. The Hall–Kier alpha value is -0.960. The van der Waals surface area contributed by atoms with Crippen molar-refractivity contribution in [2.75, 3.05) is 13.2 Å². The van der Waals surface area contributed by atoms with Gasteiger partial charge >= 0.3 is 0 Å². The molecule has 2 unspecified atom stereocenters. The van der Waals surface area contributed by atoms with Crippen LogP contribution < -0.4 is 14.8 Å². The summed E-state index contributed by atoms with van der Waals surface area (Å²) >= 11 is 3.59. The van der Waals surface area contributed by atoms with Gasteiger partial charge in [-0.05, 0) is 23.9 Å². The van der Waals surface area contributed by atoms with Gasteiger partial charge in [0.25, 0.3) is 0 Å². The number of benzene rings is 2. The smallest absolute Gasteiger partial charge is 0.202 e. The molecule has 0 saturated carbocycles. The van der Waals surface area contributed by atoms with Gasteiger partial charge < -0.3 is 9.47 Å². The van der Waals surface area contributed by atoms with Gasteiger partial charge in [-0.3, -0.25) is 0 Å². The van der Waals surface area contributed by atoms with E-state index in [-0.39, 0.29) is 18.5 Å². The summed E-state index contributed by atoms with van der Waals surface area (Å²) in [5.74, 6) is -3.48. The lowest BCUT2D eigenvalue weighted by atomic mass is 10.2. The molecule has 0 heterocycles. The third-order valence-corrected chi connectivity index (χ3v) is 4.43. The standard InChI is InChI=1S/C15H15F3O2P2S/c16-10-11(17)15(23)12(18)14(22)13(10)20-6-5-19-9-3-1-8(7-21)2-4-9/h1-4,23H,5-7,21-22H2. The summed E-state index contributed by atoms with van der Waals surface area (Å²) in [6.07, 6.45) is 0.845. The molecule has 8 heteroatoms. The predicted molar refractivity (Wildman–Crippen MR) is 93.8 cm³/mol. The third-order valence-electron chi connectivity index (χ3n) is 3.05. The van der Waals surface area contributed by atoms with Crippen LogP contribution in [0.2, 0.25) is 0 Å². The van der Waals surface area contributed by atoms with Crippen molar-refractivity contribution in [2.45, 2.75) is 11.1 Å². The minimum absolute atomic E-state index is 0.0610. The maximum atomic E-state index is 13.8.